The lowest BCUT2D eigenvalue weighted by Gasteiger charge is -2.09. The highest BCUT2D eigenvalue weighted by atomic mass is 16.1. The smallest absolute Gasteiger partial charge is 0.251 e. The van der Waals surface area contributed by atoms with Gasteiger partial charge in [-0.3, -0.25) is 4.79 Å². The Morgan fingerprint density at radius 1 is 1.10 bits per heavy atom. The van der Waals surface area contributed by atoms with Crippen LogP contribution in [0.2, 0.25) is 0 Å². The SMILES string of the molecule is N#Cc1ccc(C(=O)NCc2ccccc2CN)cc1. The van der Waals surface area contributed by atoms with E-state index in [9.17, 15) is 4.79 Å². The molecule has 0 fully saturated rings. The fraction of sp³-hybridized carbons (Fsp3) is 0.125. The Morgan fingerprint density at radius 2 is 1.75 bits per heavy atom. The van der Waals surface area contributed by atoms with Gasteiger partial charge in [-0.25, -0.2) is 0 Å². The van der Waals surface area contributed by atoms with Crippen molar-refractivity contribution in [3.05, 3.63) is 70.8 Å². The molecule has 3 N–H and O–H groups in total. The molecular weight excluding hydrogens is 250 g/mol. The molecule has 0 aliphatic heterocycles. The van der Waals surface area contributed by atoms with Crippen molar-refractivity contribution < 1.29 is 4.79 Å². The largest absolute Gasteiger partial charge is 0.348 e. The fourth-order valence-electron chi connectivity index (χ4n) is 1.90. The highest BCUT2D eigenvalue weighted by Crippen LogP contribution is 2.08. The van der Waals surface area contributed by atoms with Crippen LogP contribution in [0.15, 0.2) is 48.5 Å². The second-order valence-electron chi connectivity index (χ2n) is 4.34. The standard InChI is InChI=1S/C16H15N3O/c17-9-12-5-7-13(8-6-12)16(20)19-11-15-4-2-1-3-14(15)10-18/h1-8H,10-11,18H2,(H,19,20). The van der Waals surface area contributed by atoms with E-state index in [-0.39, 0.29) is 5.91 Å². The minimum Gasteiger partial charge on any atom is -0.348 e. The summed E-state index contributed by atoms with van der Waals surface area (Å²) < 4.78 is 0. The molecule has 2 rings (SSSR count). The average molecular weight is 265 g/mol. The molecule has 0 spiro atoms. The van der Waals surface area contributed by atoms with E-state index < -0.39 is 0 Å². The molecule has 0 aliphatic rings. The van der Waals surface area contributed by atoms with Crippen molar-refractivity contribution in [3.63, 3.8) is 0 Å². The maximum Gasteiger partial charge on any atom is 0.251 e. The Labute approximate surface area is 117 Å². The van der Waals surface area contributed by atoms with Crippen molar-refractivity contribution in [2.24, 2.45) is 5.73 Å². The van der Waals surface area contributed by atoms with Gasteiger partial charge in [0.05, 0.1) is 11.6 Å². The molecule has 100 valence electrons. The van der Waals surface area contributed by atoms with Crippen molar-refractivity contribution in [3.8, 4) is 6.07 Å². The number of carbonyl (C=O) groups excluding carboxylic acids is 1. The topological polar surface area (TPSA) is 78.9 Å². The van der Waals surface area contributed by atoms with Gasteiger partial charge in [-0.2, -0.15) is 5.26 Å². The molecule has 2 aromatic rings. The van der Waals surface area contributed by atoms with Gasteiger partial charge in [0.15, 0.2) is 0 Å². The number of benzene rings is 2. The van der Waals surface area contributed by atoms with Crippen LogP contribution in [-0.4, -0.2) is 5.91 Å². The first-order chi connectivity index (χ1) is 9.74. The van der Waals surface area contributed by atoms with Crippen LogP contribution in [0.4, 0.5) is 0 Å². The first-order valence-electron chi connectivity index (χ1n) is 6.30. The molecule has 0 unspecified atom stereocenters. The van der Waals surface area contributed by atoms with E-state index in [0.29, 0.717) is 24.2 Å². The van der Waals surface area contributed by atoms with Crippen molar-refractivity contribution >= 4 is 5.91 Å². The number of hydrogen-bond donors (Lipinski definition) is 2. The minimum atomic E-state index is -0.165. The van der Waals surface area contributed by atoms with Crippen molar-refractivity contribution in [2.45, 2.75) is 13.1 Å². The molecule has 0 aliphatic carbocycles. The normalized spacial score (nSPS) is 9.80. The Morgan fingerprint density at radius 3 is 2.35 bits per heavy atom. The van der Waals surface area contributed by atoms with E-state index in [4.69, 9.17) is 11.0 Å². The highest BCUT2D eigenvalue weighted by Gasteiger charge is 2.06. The van der Waals surface area contributed by atoms with E-state index >= 15 is 0 Å². The Kier molecular flexibility index (Phi) is 4.48. The van der Waals surface area contributed by atoms with Crippen LogP contribution in [0, 0.1) is 11.3 Å². The summed E-state index contributed by atoms with van der Waals surface area (Å²) in [5, 5.41) is 11.6. The molecule has 4 heteroatoms. The minimum absolute atomic E-state index is 0.165. The second kappa shape index (κ2) is 6.50. The van der Waals surface area contributed by atoms with Crippen LogP contribution in [0.3, 0.4) is 0 Å². The quantitative estimate of drug-likeness (QED) is 0.886. The van der Waals surface area contributed by atoms with Gasteiger partial charge in [0.2, 0.25) is 0 Å². The summed E-state index contributed by atoms with van der Waals surface area (Å²) in [5.74, 6) is -0.165. The van der Waals surface area contributed by atoms with Gasteiger partial charge in [0.1, 0.15) is 0 Å². The van der Waals surface area contributed by atoms with E-state index in [1.54, 1.807) is 24.3 Å². The molecule has 20 heavy (non-hydrogen) atoms. The Hall–Kier alpha value is -2.64. The van der Waals surface area contributed by atoms with Crippen molar-refractivity contribution in [2.75, 3.05) is 0 Å². The summed E-state index contributed by atoms with van der Waals surface area (Å²) in [6.07, 6.45) is 0. The van der Waals surface area contributed by atoms with E-state index in [1.807, 2.05) is 30.3 Å². The fourth-order valence-corrected chi connectivity index (χ4v) is 1.90. The Balaban J connectivity index is 2.03. The third kappa shape index (κ3) is 3.22. The molecule has 0 atom stereocenters. The third-order valence-electron chi connectivity index (χ3n) is 3.05. The lowest BCUT2D eigenvalue weighted by Crippen LogP contribution is -2.23. The maximum atomic E-state index is 12.0. The van der Waals surface area contributed by atoms with Gasteiger partial charge in [0, 0.05) is 18.7 Å². The van der Waals surface area contributed by atoms with E-state index in [1.165, 1.54) is 0 Å². The predicted octanol–water partition coefficient (Wildman–Crippen LogP) is 1.95. The predicted molar refractivity (Wildman–Crippen MR) is 76.7 cm³/mol. The first-order valence-corrected chi connectivity index (χ1v) is 6.30. The van der Waals surface area contributed by atoms with Crippen LogP contribution < -0.4 is 11.1 Å². The van der Waals surface area contributed by atoms with Crippen LogP contribution in [0.5, 0.6) is 0 Å². The molecule has 2 aromatic carbocycles. The molecule has 0 saturated heterocycles. The zero-order valence-corrected chi connectivity index (χ0v) is 11.0. The zero-order chi connectivity index (χ0) is 14.4. The molecule has 0 radical (unpaired) electrons. The molecule has 0 bridgehead atoms. The van der Waals surface area contributed by atoms with Gasteiger partial charge < -0.3 is 11.1 Å². The number of nitrogens with zero attached hydrogens (tertiary/aromatic N) is 1. The highest BCUT2D eigenvalue weighted by molar-refractivity contribution is 5.94. The number of rotatable bonds is 4. The van der Waals surface area contributed by atoms with Gasteiger partial charge in [-0.05, 0) is 35.4 Å². The third-order valence-corrected chi connectivity index (χ3v) is 3.05. The van der Waals surface area contributed by atoms with Crippen LogP contribution in [0.25, 0.3) is 0 Å². The number of amides is 1. The summed E-state index contributed by atoms with van der Waals surface area (Å²) in [5.41, 5.74) is 8.76. The molecule has 0 heterocycles. The van der Waals surface area contributed by atoms with E-state index in [0.717, 1.165) is 11.1 Å². The number of nitriles is 1. The van der Waals surface area contributed by atoms with E-state index in [2.05, 4.69) is 5.32 Å². The molecule has 1 amide bonds. The summed E-state index contributed by atoms with van der Waals surface area (Å²) in [7, 11) is 0. The van der Waals surface area contributed by atoms with Gasteiger partial charge >= 0.3 is 0 Å². The van der Waals surface area contributed by atoms with Crippen LogP contribution >= 0.6 is 0 Å². The number of carbonyl (C=O) groups is 1. The lowest BCUT2D eigenvalue weighted by atomic mass is 10.1. The van der Waals surface area contributed by atoms with Gasteiger partial charge in [0.25, 0.3) is 5.91 Å². The monoisotopic (exact) mass is 265 g/mol. The molecule has 4 nitrogen and oxygen atoms in total. The second-order valence-corrected chi connectivity index (χ2v) is 4.34. The van der Waals surface area contributed by atoms with Crippen LogP contribution in [-0.2, 0) is 13.1 Å². The molecule has 0 saturated carbocycles. The first kappa shape index (κ1) is 13.8. The summed E-state index contributed by atoms with van der Waals surface area (Å²) in [4.78, 5) is 12.0. The summed E-state index contributed by atoms with van der Waals surface area (Å²) >= 11 is 0. The van der Waals surface area contributed by atoms with Gasteiger partial charge in [-0.15, -0.1) is 0 Å². The van der Waals surface area contributed by atoms with Crippen molar-refractivity contribution in [1.82, 2.24) is 5.32 Å². The molecular formula is C16H15N3O. The number of hydrogen-bond acceptors (Lipinski definition) is 3. The Bertz CT molecular complexity index is 642. The number of nitrogens with two attached hydrogens (primary N) is 1. The number of nitrogens with one attached hydrogen (secondary N) is 1. The average Bonchev–Trinajstić information content (AvgIpc) is 2.53. The van der Waals surface area contributed by atoms with Crippen LogP contribution in [0.1, 0.15) is 27.0 Å². The summed E-state index contributed by atoms with van der Waals surface area (Å²) in [6, 6.07) is 16.3. The molecule has 0 aromatic heterocycles. The van der Waals surface area contributed by atoms with Crippen molar-refractivity contribution in [1.29, 1.82) is 5.26 Å². The zero-order valence-electron chi connectivity index (χ0n) is 11.0. The summed E-state index contributed by atoms with van der Waals surface area (Å²) in [6.45, 7) is 0.884. The van der Waals surface area contributed by atoms with Gasteiger partial charge in [-0.1, -0.05) is 24.3 Å². The maximum absolute atomic E-state index is 12.0. The lowest BCUT2D eigenvalue weighted by molar-refractivity contribution is 0.0951.